The minimum absolute atomic E-state index is 0.0959. The molecule has 3 N–H and O–H groups in total. The number of benzene rings is 3. The van der Waals surface area contributed by atoms with Crippen molar-refractivity contribution in [3.05, 3.63) is 92.7 Å². The summed E-state index contributed by atoms with van der Waals surface area (Å²) in [5.74, 6) is 1.07. The lowest BCUT2D eigenvalue weighted by molar-refractivity contribution is 0.174. The molecule has 8 heteroatoms. The van der Waals surface area contributed by atoms with Crippen LogP contribution >= 0.6 is 27.5 Å². The van der Waals surface area contributed by atoms with Crippen LogP contribution in [-0.4, -0.2) is 11.9 Å². The Balaban J connectivity index is 1.60. The lowest BCUT2D eigenvalue weighted by Gasteiger charge is -2.33. The molecule has 3 aromatic rings. The van der Waals surface area contributed by atoms with Crippen LogP contribution < -0.4 is 20.1 Å². The molecule has 2 heterocycles. The molecule has 2 atom stereocenters. The average Bonchev–Trinajstić information content (AvgIpc) is 3.24. The maximum atomic E-state index is 14.7. The number of halogens is 3. The van der Waals surface area contributed by atoms with Gasteiger partial charge in [0.25, 0.3) is 0 Å². The molecule has 0 aliphatic carbocycles. The number of phenols is 1. The normalized spacial score (nSPS) is 19.6. The van der Waals surface area contributed by atoms with Gasteiger partial charge in [0.2, 0.25) is 6.79 Å². The quantitative estimate of drug-likeness (QED) is 0.431. The number of aromatic hydroxyl groups is 1. The minimum atomic E-state index is -0.564. The number of hydrogen-bond donors (Lipinski definition) is 3. The summed E-state index contributed by atoms with van der Waals surface area (Å²) in [7, 11) is 0. The van der Waals surface area contributed by atoms with Gasteiger partial charge in [-0.15, -0.1) is 0 Å². The zero-order valence-corrected chi connectivity index (χ0v) is 18.4. The van der Waals surface area contributed by atoms with Crippen molar-refractivity contribution < 1.29 is 19.0 Å². The highest BCUT2D eigenvalue weighted by Crippen LogP contribution is 2.38. The van der Waals surface area contributed by atoms with Crippen LogP contribution in [0.1, 0.15) is 28.9 Å². The summed E-state index contributed by atoms with van der Waals surface area (Å²) in [5, 5.41) is 17.7. The molecule has 0 spiro atoms. The fraction of sp³-hybridized carbons (Fsp3) is 0.130. The predicted molar refractivity (Wildman–Crippen MR) is 120 cm³/mol. The second kappa shape index (κ2) is 8.07. The van der Waals surface area contributed by atoms with E-state index >= 15 is 0 Å². The van der Waals surface area contributed by atoms with Crippen LogP contribution in [0, 0.1) is 5.82 Å². The number of ether oxygens (including phenoxy) is 2. The molecule has 158 valence electrons. The minimum Gasteiger partial charge on any atom is -0.508 e. The Morgan fingerprint density at radius 2 is 1.84 bits per heavy atom. The van der Waals surface area contributed by atoms with E-state index in [-0.39, 0.29) is 18.4 Å². The van der Waals surface area contributed by atoms with Crippen molar-refractivity contribution in [2.24, 2.45) is 0 Å². The molecule has 0 saturated carbocycles. The molecule has 0 amide bonds. The van der Waals surface area contributed by atoms with Gasteiger partial charge in [0, 0.05) is 31.9 Å². The molecule has 0 bridgehead atoms. The van der Waals surface area contributed by atoms with Gasteiger partial charge in [0.1, 0.15) is 17.7 Å². The van der Waals surface area contributed by atoms with Crippen molar-refractivity contribution in [2.45, 2.75) is 12.2 Å². The summed E-state index contributed by atoms with van der Waals surface area (Å²) in [4.78, 5) is 0. The number of hydrogen-bond acceptors (Lipinski definition) is 5. The van der Waals surface area contributed by atoms with Gasteiger partial charge in [-0.1, -0.05) is 27.5 Å². The van der Waals surface area contributed by atoms with Crippen molar-refractivity contribution in [1.29, 1.82) is 0 Å². The van der Waals surface area contributed by atoms with Gasteiger partial charge in [0.15, 0.2) is 11.5 Å². The molecule has 31 heavy (non-hydrogen) atoms. The van der Waals surface area contributed by atoms with Gasteiger partial charge in [0.05, 0.1) is 6.04 Å². The molecule has 2 aliphatic heterocycles. The van der Waals surface area contributed by atoms with Gasteiger partial charge in [-0.25, -0.2) is 4.39 Å². The third kappa shape index (κ3) is 3.96. The van der Waals surface area contributed by atoms with Crippen LogP contribution in [0.4, 0.5) is 4.39 Å². The second-order valence-corrected chi connectivity index (χ2v) is 8.59. The Hall–Kier alpha value is -2.74. The highest BCUT2D eigenvalue weighted by molar-refractivity contribution is 9.10. The molecular formula is C23H17BrClFN2O3. The van der Waals surface area contributed by atoms with Crippen molar-refractivity contribution in [1.82, 2.24) is 10.6 Å². The number of phenolic OH excluding ortho intramolecular Hbond substituents is 1. The van der Waals surface area contributed by atoms with Gasteiger partial charge in [-0.3, -0.25) is 5.32 Å². The summed E-state index contributed by atoms with van der Waals surface area (Å²) in [6.45, 7) is 0.178. The van der Waals surface area contributed by atoms with Crippen LogP contribution in [0.25, 0.3) is 5.70 Å². The van der Waals surface area contributed by atoms with Gasteiger partial charge < -0.3 is 19.9 Å². The van der Waals surface area contributed by atoms with Gasteiger partial charge in [-0.2, -0.15) is 0 Å². The van der Waals surface area contributed by atoms with E-state index in [0.29, 0.717) is 27.6 Å². The van der Waals surface area contributed by atoms with Crippen molar-refractivity contribution in [2.75, 3.05) is 6.79 Å². The highest BCUT2D eigenvalue weighted by Gasteiger charge is 2.28. The second-order valence-electron chi connectivity index (χ2n) is 7.24. The van der Waals surface area contributed by atoms with Crippen LogP contribution in [0.5, 0.6) is 17.2 Å². The highest BCUT2D eigenvalue weighted by atomic mass is 79.9. The summed E-state index contributed by atoms with van der Waals surface area (Å²) >= 11 is 9.59. The molecule has 0 aromatic heterocycles. The zero-order chi connectivity index (χ0) is 21.5. The Labute approximate surface area is 191 Å². The first kappa shape index (κ1) is 20.2. The third-order valence-electron chi connectivity index (χ3n) is 5.26. The molecule has 5 nitrogen and oxygen atoms in total. The fourth-order valence-corrected chi connectivity index (χ4v) is 4.30. The van der Waals surface area contributed by atoms with E-state index in [4.69, 9.17) is 21.1 Å². The first-order chi connectivity index (χ1) is 15.0. The molecule has 5 rings (SSSR count). The van der Waals surface area contributed by atoms with E-state index < -0.39 is 12.2 Å². The van der Waals surface area contributed by atoms with E-state index in [0.717, 1.165) is 15.7 Å². The first-order valence-electron chi connectivity index (χ1n) is 9.56. The zero-order valence-electron chi connectivity index (χ0n) is 16.0. The third-order valence-corrected chi connectivity index (χ3v) is 5.99. The maximum absolute atomic E-state index is 14.7. The van der Waals surface area contributed by atoms with Crippen LogP contribution in [-0.2, 0) is 0 Å². The molecule has 0 fully saturated rings. The summed E-state index contributed by atoms with van der Waals surface area (Å²) in [6.07, 6.45) is 1.36. The van der Waals surface area contributed by atoms with E-state index in [2.05, 4.69) is 26.6 Å². The average molecular weight is 504 g/mol. The number of rotatable bonds is 3. The topological polar surface area (TPSA) is 62.8 Å². The molecular weight excluding hydrogens is 487 g/mol. The molecule has 3 aromatic carbocycles. The van der Waals surface area contributed by atoms with Crippen LogP contribution in [0.15, 0.2) is 65.1 Å². The van der Waals surface area contributed by atoms with E-state index in [1.165, 1.54) is 6.07 Å². The van der Waals surface area contributed by atoms with E-state index in [9.17, 15) is 9.50 Å². The van der Waals surface area contributed by atoms with Gasteiger partial charge >= 0.3 is 0 Å². The Morgan fingerprint density at radius 3 is 2.71 bits per heavy atom. The molecule has 2 unspecified atom stereocenters. The lowest BCUT2D eigenvalue weighted by Crippen LogP contribution is -2.40. The van der Waals surface area contributed by atoms with Crippen molar-refractivity contribution in [3.63, 3.8) is 0 Å². The number of nitrogens with one attached hydrogen (secondary N) is 2. The Bertz CT molecular complexity index is 1200. The summed E-state index contributed by atoms with van der Waals surface area (Å²) in [6, 6.07) is 14.8. The molecule has 0 radical (unpaired) electrons. The predicted octanol–water partition coefficient (Wildman–Crippen LogP) is 5.65. The van der Waals surface area contributed by atoms with Crippen molar-refractivity contribution in [3.8, 4) is 17.2 Å². The standard InChI is InChI=1S/C23H17BrClFN2O3/c24-13-2-4-17(26)15(8-13)23-27-18(12-1-6-21-22(7-12)31-11-30-21)10-19(28-23)16-9-14(25)3-5-20(16)29/h1-10,19,23,27-29H,11H2. The summed E-state index contributed by atoms with van der Waals surface area (Å²) in [5.41, 5.74) is 2.63. The Kier molecular flexibility index (Phi) is 5.25. The van der Waals surface area contributed by atoms with E-state index in [1.54, 1.807) is 30.3 Å². The first-order valence-corrected chi connectivity index (χ1v) is 10.7. The molecule has 0 saturated heterocycles. The van der Waals surface area contributed by atoms with Crippen LogP contribution in [0.2, 0.25) is 5.02 Å². The monoisotopic (exact) mass is 502 g/mol. The maximum Gasteiger partial charge on any atom is 0.231 e. The van der Waals surface area contributed by atoms with Crippen LogP contribution in [0.3, 0.4) is 0 Å². The van der Waals surface area contributed by atoms with Gasteiger partial charge in [-0.05, 0) is 60.7 Å². The largest absolute Gasteiger partial charge is 0.508 e. The number of fused-ring (bicyclic) bond motifs is 1. The lowest BCUT2D eigenvalue weighted by atomic mass is 9.97. The molecule has 2 aliphatic rings. The van der Waals surface area contributed by atoms with E-state index in [1.807, 2.05) is 24.3 Å². The van der Waals surface area contributed by atoms with Crippen molar-refractivity contribution >= 4 is 33.2 Å². The smallest absolute Gasteiger partial charge is 0.231 e. The Morgan fingerprint density at radius 1 is 1.00 bits per heavy atom. The summed E-state index contributed by atoms with van der Waals surface area (Å²) < 4.78 is 26.4. The SMILES string of the molecule is Oc1ccc(Cl)cc1C1C=C(c2ccc3c(c2)OCO3)NC(c2cc(Br)ccc2F)N1. The fourth-order valence-electron chi connectivity index (χ4n) is 3.74.